The quantitative estimate of drug-likeness (QED) is 0.351. The molecule has 5 nitrogen and oxygen atoms in total. The van der Waals surface area contributed by atoms with E-state index in [1.54, 1.807) is 26.4 Å². The SMILES string of the molecule is COc1ccc(C(C)(C)CN=C(N)Nc2ccc(OC)c(Cl)c2)cc1.I. The lowest BCUT2D eigenvalue weighted by Crippen LogP contribution is -2.27. The Morgan fingerprint density at radius 3 is 2.31 bits per heavy atom. The molecule has 0 bridgehead atoms. The maximum absolute atomic E-state index is 6.11. The molecule has 142 valence electrons. The molecular formula is C19H25ClIN3O2. The van der Waals surface area contributed by atoms with Crippen molar-refractivity contribution in [2.24, 2.45) is 10.7 Å². The number of guanidine groups is 1. The zero-order chi connectivity index (χ0) is 18.4. The molecule has 0 radical (unpaired) electrons. The van der Waals surface area contributed by atoms with Crippen molar-refractivity contribution in [2.75, 3.05) is 26.1 Å². The molecule has 0 aliphatic heterocycles. The summed E-state index contributed by atoms with van der Waals surface area (Å²) in [5, 5.41) is 3.56. The fourth-order valence-corrected chi connectivity index (χ4v) is 2.61. The lowest BCUT2D eigenvalue weighted by molar-refractivity contribution is 0.414. The maximum atomic E-state index is 6.11. The first-order valence-corrected chi connectivity index (χ1v) is 8.28. The van der Waals surface area contributed by atoms with Crippen molar-refractivity contribution in [3.63, 3.8) is 0 Å². The Bertz CT molecular complexity index is 749. The minimum Gasteiger partial charge on any atom is -0.497 e. The highest BCUT2D eigenvalue weighted by Crippen LogP contribution is 2.28. The minimum atomic E-state index is -0.157. The monoisotopic (exact) mass is 489 g/mol. The Morgan fingerprint density at radius 1 is 1.12 bits per heavy atom. The number of benzene rings is 2. The number of nitrogens with two attached hydrogens (primary N) is 1. The number of aliphatic imine (C=N–C) groups is 1. The average Bonchev–Trinajstić information content (AvgIpc) is 2.60. The normalized spacial score (nSPS) is 11.5. The highest BCUT2D eigenvalue weighted by atomic mass is 127. The molecule has 0 atom stereocenters. The van der Waals surface area contributed by atoms with Gasteiger partial charge in [-0.25, -0.2) is 0 Å². The third-order valence-corrected chi connectivity index (χ3v) is 4.24. The van der Waals surface area contributed by atoms with Gasteiger partial charge < -0.3 is 20.5 Å². The van der Waals surface area contributed by atoms with E-state index in [4.69, 9.17) is 26.8 Å². The van der Waals surface area contributed by atoms with Crippen LogP contribution in [0.2, 0.25) is 5.02 Å². The molecule has 0 saturated carbocycles. The molecule has 0 amide bonds. The maximum Gasteiger partial charge on any atom is 0.193 e. The summed E-state index contributed by atoms with van der Waals surface area (Å²) in [6.07, 6.45) is 0. The van der Waals surface area contributed by atoms with E-state index >= 15 is 0 Å². The number of hydrogen-bond donors (Lipinski definition) is 2. The number of anilines is 1. The number of hydrogen-bond acceptors (Lipinski definition) is 3. The van der Waals surface area contributed by atoms with E-state index in [1.165, 1.54) is 0 Å². The first-order valence-electron chi connectivity index (χ1n) is 7.91. The van der Waals surface area contributed by atoms with Crippen molar-refractivity contribution < 1.29 is 9.47 Å². The molecule has 0 aliphatic rings. The van der Waals surface area contributed by atoms with Gasteiger partial charge in [-0.05, 0) is 35.9 Å². The molecule has 0 unspecified atom stereocenters. The van der Waals surface area contributed by atoms with Crippen molar-refractivity contribution in [3.8, 4) is 11.5 Å². The second-order valence-corrected chi connectivity index (χ2v) is 6.70. The van der Waals surface area contributed by atoms with Gasteiger partial charge in [-0.15, -0.1) is 24.0 Å². The van der Waals surface area contributed by atoms with Gasteiger partial charge in [0.25, 0.3) is 0 Å². The molecule has 0 aromatic heterocycles. The van der Waals surface area contributed by atoms with E-state index in [9.17, 15) is 0 Å². The minimum absolute atomic E-state index is 0. The van der Waals surface area contributed by atoms with E-state index < -0.39 is 0 Å². The van der Waals surface area contributed by atoms with Crippen LogP contribution >= 0.6 is 35.6 Å². The van der Waals surface area contributed by atoms with Crippen molar-refractivity contribution in [1.29, 1.82) is 0 Å². The number of methoxy groups -OCH3 is 2. The molecule has 0 spiro atoms. The van der Waals surface area contributed by atoms with Gasteiger partial charge in [0.2, 0.25) is 0 Å². The number of nitrogens with zero attached hydrogens (tertiary/aromatic N) is 1. The van der Waals surface area contributed by atoms with Crippen LogP contribution in [0.4, 0.5) is 5.69 Å². The third-order valence-electron chi connectivity index (χ3n) is 3.94. The highest BCUT2D eigenvalue weighted by Gasteiger charge is 2.20. The van der Waals surface area contributed by atoms with Crippen molar-refractivity contribution in [2.45, 2.75) is 19.3 Å². The predicted molar refractivity (Wildman–Crippen MR) is 120 cm³/mol. The molecule has 7 heteroatoms. The van der Waals surface area contributed by atoms with E-state index in [1.807, 2.05) is 30.3 Å². The largest absolute Gasteiger partial charge is 0.497 e. The van der Waals surface area contributed by atoms with Gasteiger partial charge in [0.05, 0.1) is 25.8 Å². The first kappa shape index (κ1) is 22.4. The summed E-state index contributed by atoms with van der Waals surface area (Å²) in [6, 6.07) is 13.3. The lowest BCUT2D eigenvalue weighted by Gasteiger charge is -2.23. The van der Waals surface area contributed by atoms with Gasteiger partial charge in [0, 0.05) is 11.1 Å². The first-order chi connectivity index (χ1) is 11.9. The van der Waals surface area contributed by atoms with Crippen LogP contribution in [0.5, 0.6) is 11.5 Å². The smallest absolute Gasteiger partial charge is 0.193 e. The third kappa shape index (κ3) is 5.95. The summed E-state index contributed by atoms with van der Waals surface area (Å²) >= 11 is 6.11. The van der Waals surface area contributed by atoms with Crippen LogP contribution in [0.15, 0.2) is 47.5 Å². The van der Waals surface area contributed by atoms with Crippen LogP contribution in [-0.2, 0) is 5.41 Å². The number of rotatable bonds is 6. The fourth-order valence-electron chi connectivity index (χ4n) is 2.35. The molecule has 0 heterocycles. The average molecular weight is 490 g/mol. The van der Waals surface area contributed by atoms with Crippen molar-refractivity contribution >= 4 is 47.2 Å². The van der Waals surface area contributed by atoms with Gasteiger partial charge in [-0.1, -0.05) is 37.6 Å². The molecule has 3 N–H and O–H groups in total. The van der Waals surface area contributed by atoms with Crippen LogP contribution in [0, 0.1) is 0 Å². The molecule has 2 aromatic rings. The van der Waals surface area contributed by atoms with E-state index in [0.717, 1.165) is 17.0 Å². The number of halogens is 2. The Morgan fingerprint density at radius 2 is 1.77 bits per heavy atom. The lowest BCUT2D eigenvalue weighted by atomic mass is 9.85. The molecule has 0 aliphatic carbocycles. The summed E-state index contributed by atoms with van der Waals surface area (Å²) in [4.78, 5) is 4.46. The van der Waals surface area contributed by atoms with Crippen LogP contribution in [0.25, 0.3) is 0 Å². The number of ether oxygens (including phenoxy) is 2. The standard InChI is InChI=1S/C19H24ClN3O2.HI/c1-19(2,13-5-8-15(24-3)9-6-13)12-22-18(21)23-14-7-10-17(25-4)16(20)11-14;/h5-11H,12H2,1-4H3,(H3,21,22,23);1H. The van der Waals surface area contributed by atoms with Crippen LogP contribution in [0.3, 0.4) is 0 Å². The fraction of sp³-hybridized carbons (Fsp3) is 0.316. The van der Waals surface area contributed by atoms with E-state index in [2.05, 4.69) is 24.2 Å². The van der Waals surface area contributed by atoms with Gasteiger partial charge in [0.1, 0.15) is 11.5 Å². The molecule has 0 fully saturated rings. The van der Waals surface area contributed by atoms with Crippen molar-refractivity contribution in [3.05, 3.63) is 53.1 Å². The van der Waals surface area contributed by atoms with Gasteiger partial charge in [-0.2, -0.15) is 0 Å². The number of nitrogens with one attached hydrogen (secondary N) is 1. The van der Waals surface area contributed by atoms with Gasteiger partial charge in [-0.3, -0.25) is 4.99 Å². The van der Waals surface area contributed by atoms with Gasteiger partial charge in [0.15, 0.2) is 5.96 Å². The van der Waals surface area contributed by atoms with Crippen LogP contribution in [0.1, 0.15) is 19.4 Å². The molecule has 0 saturated heterocycles. The topological polar surface area (TPSA) is 68.9 Å². The Kier molecular flexibility index (Phi) is 8.49. The van der Waals surface area contributed by atoms with Gasteiger partial charge >= 0.3 is 0 Å². The Balaban J connectivity index is 0.00000338. The summed E-state index contributed by atoms with van der Waals surface area (Å²) in [5.41, 5.74) is 7.77. The zero-order valence-corrected chi connectivity index (χ0v) is 18.5. The second-order valence-electron chi connectivity index (χ2n) is 6.29. The highest BCUT2D eigenvalue weighted by molar-refractivity contribution is 14.0. The summed E-state index contributed by atoms with van der Waals surface area (Å²) in [5.74, 6) is 1.78. The van der Waals surface area contributed by atoms with Crippen LogP contribution in [-0.4, -0.2) is 26.7 Å². The van der Waals surface area contributed by atoms with E-state index in [-0.39, 0.29) is 29.4 Å². The Hall–Kier alpha value is -1.67. The summed E-state index contributed by atoms with van der Waals surface area (Å²) in [7, 11) is 3.23. The van der Waals surface area contributed by atoms with E-state index in [0.29, 0.717) is 23.3 Å². The summed E-state index contributed by atoms with van der Waals surface area (Å²) in [6.45, 7) is 4.79. The molecular weight excluding hydrogens is 465 g/mol. The molecule has 2 rings (SSSR count). The van der Waals surface area contributed by atoms with Crippen molar-refractivity contribution in [1.82, 2.24) is 0 Å². The summed E-state index contributed by atoms with van der Waals surface area (Å²) < 4.78 is 10.3. The van der Waals surface area contributed by atoms with Crippen LogP contribution < -0.4 is 20.5 Å². The second kappa shape index (κ2) is 9.87. The Labute approximate surface area is 177 Å². The molecule has 2 aromatic carbocycles. The predicted octanol–water partition coefficient (Wildman–Crippen LogP) is 4.68. The zero-order valence-electron chi connectivity index (χ0n) is 15.4. The molecule has 26 heavy (non-hydrogen) atoms.